The molecule has 1 atom stereocenters. The lowest BCUT2D eigenvalue weighted by Gasteiger charge is -2.37. The molecule has 0 bridgehead atoms. The molecule has 1 saturated carbocycles. The Balaban J connectivity index is 1.29. The van der Waals surface area contributed by atoms with Crippen LogP contribution in [0.5, 0.6) is 0 Å². The van der Waals surface area contributed by atoms with Crippen LogP contribution in [-0.4, -0.2) is 47.5 Å². The highest BCUT2D eigenvalue weighted by molar-refractivity contribution is 6.07. The molecule has 2 saturated heterocycles. The van der Waals surface area contributed by atoms with Crippen LogP contribution >= 0.6 is 0 Å². The van der Waals surface area contributed by atoms with Crippen LogP contribution in [0.3, 0.4) is 0 Å². The summed E-state index contributed by atoms with van der Waals surface area (Å²) >= 11 is 0. The molecule has 3 aliphatic rings. The van der Waals surface area contributed by atoms with Gasteiger partial charge in [0, 0.05) is 12.6 Å². The van der Waals surface area contributed by atoms with Crippen LogP contribution < -0.4 is 16.0 Å². The van der Waals surface area contributed by atoms with Gasteiger partial charge < -0.3 is 15.5 Å². The fourth-order valence-corrected chi connectivity index (χ4v) is 3.81. The number of carbonyl (C=O) groups is 3. The minimum Gasteiger partial charge on any atom is -0.335 e. The van der Waals surface area contributed by atoms with Crippen molar-refractivity contribution in [3.05, 3.63) is 35.6 Å². The lowest BCUT2D eigenvalue weighted by Crippen LogP contribution is -2.53. The number of hydrogen-bond acceptors (Lipinski definition) is 3. The third-order valence-corrected chi connectivity index (χ3v) is 5.38. The molecule has 5 amide bonds. The number of halogens is 1. The summed E-state index contributed by atoms with van der Waals surface area (Å²) in [7, 11) is 0. The maximum atomic E-state index is 13.0. The number of carbonyl (C=O) groups excluding carboxylic acids is 3. The summed E-state index contributed by atoms with van der Waals surface area (Å²) in [4.78, 5) is 37.2. The number of nitrogens with zero attached hydrogens (tertiary/aromatic N) is 1. The van der Waals surface area contributed by atoms with Crippen LogP contribution in [0, 0.1) is 5.82 Å². The average Bonchev–Trinajstić information content (AvgIpc) is 3.08. The summed E-state index contributed by atoms with van der Waals surface area (Å²) in [6.07, 6.45) is 2.04. The van der Waals surface area contributed by atoms with E-state index in [1.165, 1.54) is 12.1 Å². The second kappa shape index (κ2) is 5.72. The molecule has 2 heterocycles. The van der Waals surface area contributed by atoms with Crippen molar-refractivity contribution in [2.45, 2.75) is 36.8 Å². The van der Waals surface area contributed by atoms with E-state index in [0.717, 1.165) is 18.4 Å². The molecule has 1 spiro atoms. The largest absolute Gasteiger partial charge is 0.335 e. The Labute approximate surface area is 143 Å². The van der Waals surface area contributed by atoms with E-state index < -0.39 is 11.6 Å². The van der Waals surface area contributed by atoms with E-state index in [1.54, 1.807) is 17.0 Å². The lowest BCUT2D eigenvalue weighted by atomic mass is 9.76. The molecule has 3 fully saturated rings. The molecule has 7 nitrogen and oxygen atoms in total. The van der Waals surface area contributed by atoms with Crippen LogP contribution in [0.15, 0.2) is 24.3 Å². The first-order valence-electron chi connectivity index (χ1n) is 8.40. The van der Waals surface area contributed by atoms with E-state index >= 15 is 0 Å². The van der Waals surface area contributed by atoms with Crippen LogP contribution in [0.25, 0.3) is 0 Å². The van der Waals surface area contributed by atoms with Crippen molar-refractivity contribution in [1.82, 2.24) is 20.9 Å². The number of rotatable bonds is 2. The number of nitrogens with one attached hydrogen (secondary N) is 3. The maximum Gasteiger partial charge on any atom is 0.322 e. The summed E-state index contributed by atoms with van der Waals surface area (Å²) in [6.45, 7) is 0.609. The summed E-state index contributed by atoms with van der Waals surface area (Å²) in [5, 5.41) is 7.82. The van der Waals surface area contributed by atoms with Crippen molar-refractivity contribution in [2.24, 2.45) is 0 Å². The second-order valence-electron chi connectivity index (χ2n) is 7.03. The number of hydrogen-bond donors (Lipinski definition) is 3. The van der Waals surface area contributed by atoms with Gasteiger partial charge in [-0.05, 0) is 42.9 Å². The molecule has 25 heavy (non-hydrogen) atoms. The zero-order valence-electron chi connectivity index (χ0n) is 13.5. The second-order valence-corrected chi connectivity index (χ2v) is 7.03. The van der Waals surface area contributed by atoms with Gasteiger partial charge >= 0.3 is 12.1 Å². The summed E-state index contributed by atoms with van der Waals surface area (Å²) in [5.74, 6) is -0.289. The van der Waals surface area contributed by atoms with E-state index in [0.29, 0.717) is 18.9 Å². The predicted molar refractivity (Wildman–Crippen MR) is 86.3 cm³/mol. The number of amides is 5. The van der Waals surface area contributed by atoms with E-state index in [2.05, 4.69) is 16.0 Å². The standard InChI is InChI=1S/C17H19FN4O3/c18-12-3-1-10(2-4-12)11-7-13(8-11)19-16(25)22-6-5-17(9-22)14(23)20-15(24)21-17/h1-4,11,13H,5-9H2,(H,19,25)(H2,20,21,23,24). The minimum absolute atomic E-state index is 0.0751. The summed E-state index contributed by atoms with van der Waals surface area (Å²) in [6, 6.07) is 5.82. The van der Waals surface area contributed by atoms with Gasteiger partial charge in [0.2, 0.25) is 0 Å². The number of imide groups is 1. The average molecular weight is 346 g/mol. The van der Waals surface area contributed by atoms with Crippen molar-refractivity contribution in [3.63, 3.8) is 0 Å². The maximum absolute atomic E-state index is 13.0. The topological polar surface area (TPSA) is 90.5 Å². The SMILES string of the molecule is O=C1NC(=O)C2(CCN(C(=O)NC3CC(c4ccc(F)cc4)C3)C2)N1. The molecule has 132 valence electrons. The van der Waals surface area contributed by atoms with Gasteiger partial charge in [-0.1, -0.05) is 12.1 Å². The fourth-order valence-electron chi connectivity index (χ4n) is 3.81. The van der Waals surface area contributed by atoms with Gasteiger partial charge in [-0.3, -0.25) is 10.1 Å². The molecule has 0 aromatic heterocycles. The highest BCUT2D eigenvalue weighted by atomic mass is 19.1. The third-order valence-electron chi connectivity index (χ3n) is 5.38. The number of likely N-dealkylation sites (tertiary alicyclic amines) is 1. The van der Waals surface area contributed by atoms with Gasteiger partial charge in [0.15, 0.2) is 0 Å². The van der Waals surface area contributed by atoms with Crippen molar-refractivity contribution in [1.29, 1.82) is 0 Å². The van der Waals surface area contributed by atoms with Gasteiger partial charge in [-0.2, -0.15) is 0 Å². The Kier molecular flexibility index (Phi) is 3.63. The molecule has 3 N–H and O–H groups in total. The Morgan fingerprint density at radius 2 is 1.96 bits per heavy atom. The molecular formula is C17H19FN4O3. The highest BCUT2D eigenvalue weighted by Gasteiger charge is 2.51. The van der Waals surface area contributed by atoms with E-state index in [1.807, 2.05) is 0 Å². The first kappa shape index (κ1) is 15.9. The summed E-state index contributed by atoms with van der Waals surface area (Å²) in [5.41, 5.74) is 0.0994. The Morgan fingerprint density at radius 1 is 1.24 bits per heavy atom. The minimum atomic E-state index is -0.981. The molecule has 1 unspecified atom stereocenters. The molecule has 2 aliphatic heterocycles. The zero-order valence-corrected chi connectivity index (χ0v) is 13.5. The molecule has 8 heteroatoms. The monoisotopic (exact) mass is 346 g/mol. The number of benzene rings is 1. The van der Waals surface area contributed by atoms with Gasteiger partial charge in [0.25, 0.3) is 5.91 Å². The lowest BCUT2D eigenvalue weighted by molar-refractivity contribution is -0.123. The molecular weight excluding hydrogens is 327 g/mol. The van der Waals surface area contributed by atoms with E-state index in [9.17, 15) is 18.8 Å². The fraction of sp³-hybridized carbons (Fsp3) is 0.471. The van der Waals surface area contributed by atoms with Crippen LogP contribution in [-0.2, 0) is 4.79 Å². The van der Waals surface area contributed by atoms with Crippen molar-refractivity contribution in [3.8, 4) is 0 Å². The van der Waals surface area contributed by atoms with Crippen LogP contribution in [0.4, 0.5) is 14.0 Å². The van der Waals surface area contributed by atoms with Gasteiger partial charge in [0.1, 0.15) is 11.4 Å². The Hall–Kier alpha value is -2.64. The van der Waals surface area contributed by atoms with E-state index in [-0.39, 0.29) is 30.3 Å². The zero-order chi connectivity index (χ0) is 17.6. The Bertz CT molecular complexity index is 732. The normalized spacial score (nSPS) is 30.8. The first-order valence-corrected chi connectivity index (χ1v) is 8.40. The smallest absolute Gasteiger partial charge is 0.322 e. The van der Waals surface area contributed by atoms with Gasteiger partial charge in [-0.15, -0.1) is 0 Å². The molecule has 0 radical (unpaired) electrons. The molecule has 1 aromatic rings. The van der Waals surface area contributed by atoms with Crippen LogP contribution in [0.2, 0.25) is 0 Å². The third kappa shape index (κ3) is 2.81. The molecule has 4 rings (SSSR count). The van der Waals surface area contributed by atoms with Gasteiger partial charge in [-0.25, -0.2) is 14.0 Å². The molecule has 1 aliphatic carbocycles. The quantitative estimate of drug-likeness (QED) is 0.700. The predicted octanol–water partition coefficient (Wildman–Crippen LogP) is 1.07. The molecule has 1 aromatic carbocycles. The van der Waals surface area contributed by atoms with Gasteiger partial charge in [0.05, 0.1) is 6.54 Å². The van der Waals surface area contributed by atoms with Crippen molar-refractivity contribution >= 4 is 18.0 Å². The Morgan fingerprint density at radius 3 is 2.60 bits per heavy atom. The highest BCUT2D eigenvalue weighted by Crippen LogP contribution is 2.37. The number of urea groups is 2. The van der Waals surface area contributed by atoms with Crippen molar-refractivity contribution < 1.29 is 18.8 Å². The van der Waals surface area contributed by atoms with E-state index in [4.69, 9.17) is 0 Å². The van der Waals surface area contributed by atoms with Crippen LogP contribution in [0.1, 0.15) is 30.7 Å². The summed E-state index contributed by atoms with van der Waals surface area (Å²) < 4.78 is 13.0. The first-order chi connectivity index (χ1) is 11.9. The van der Waals surface area contributed by atoms with Crippen molar-refractivity contribution in [2.75, 3.05) is 13.1 Å².